The fourth-order valence-electron chi connectivity index (χ4n) is 2.25. The third-order valence-corrected chi connectivity index (χ3v) is 7.21. The molecule has 1 rings (SSSR count). The summed E-state index contributed by atoms with van der Waals surface area (Å²) in [5.41, 5.74) is 3.16. The van der Waals surface area contributed by atoms with Gasteiger partial charge < -0.3 is 14.3 Å². The van der Waals surface area contributed by atoms with E-state index in [9.17, 15) is 4.79 Å². The van der Waals surface area contributed by atoms with Crippen LogP contribution in [0, 0.1) is 22.8 Å². The lowest BCUT2D eigenvalue weighted by Crippen LogP contribution is -2.28. The molecule has 5 nitrogen and oxygen atoms in total. The van der Waals surface area contributed by atoms with E-state index < -0.39 is 5.97 Å². The van der Waals surface area contributed by atoms with Crippen LogP contribution >= 0.6 is 45.2 Å². The maximum Gasteiger partial charge on any atom is 0.346 e. The molecule has 1 unspecified atom stereocenters. The van der Waals surface area contributed by atoms with E-state index >= 15 is 0 Å². The summed E-state index contributed by atoms with van der Waals surface area (Å²) in [6.07, 6.45) is 1.84. The van der Waals surface area contributed by atoms with E-state index in [1.54, 1.807) is 0 Å². The zero-order valence-electron chi connectivity index (χ0n) is 16.0. The molecule has 0 aliphatic carbocycles. The third kappa shape index (κ3) is 7.21. The minimum absolute atomic E-state index is 0.100. The van der Waals surface area contributed by atoms with Crippen LogP contribution in [0.2, 0.25) is 0 Å². The van der Waals surface area contributed by atoms with Gasteiger partial charge in [0.1, 0.15) is 5.75 Å². The summed E-state index contributed by atoms with van der Waals surface area (Å²) in [5, 5.41) is 4.10. The van der Waals surface area contributed by atoms with Gasteiger partial charge in [0.05, 0.1) is 19.4 Å². The average Bonchev–Trinajstić information content (AvgIpc) is 2.62. The molecule has 146 valence electrons. The van der Waals surface area contributed by atoms with Crippen LogP contribution in [-0.2, 0) is 14.4 Å². The van der Waals surface area contributed by atoms with Crippen LogP contribution in [0.1, 0.15) is 37.8 Å². The fraction of sp³-hybridized carbons (Fsp3) is 0.579. The highest BCUT2D eigenvalue weighted by atomic mass is 127. The molecule has 0 heterocycles. The van der Waals surface area contributed by atoms with Crippen molar-refractivity contribution in [2.45, 2.75) is 40.5 Å². The summed E-state index contributed by atoms with van der Waals surface area (Å²) in [7, 11) is 1.33. The van der Waals surface area contributed by atoms with E-state index in [0.717, 1.165) is 34.3 Å². The Morgan fingerprint density at radius 2 is 1.96 bits per heavy atom. The number of hydrogen-bond acceptors (Lipinski definition) is 5. The standard InChI is InChI=1S/C19H27I2NO4/c1-13-10-17(14(2)9-16(13)21)25-8-6-7-19(4,12-20)15(3)22-26-11-18(23)24-5/h9-10H,6-8,11-12H2,1-5H3/b22-15-. The van der Waals surface area contributed by atoms with Crippen LogP contribution in [0.3, 0.4) is 0 Å². The van der Waals surface area contributed by atoms with Crippen LogP contribution < -0.4 is 4.74 Å². The quantitative estimate of drug-likeness (QED) is 0.0959. The molecule has 0 aliphatic rings. The van der Waals surface area contributed by atoms with Gasteiger partial charge in [-0.15, -0.1) is 0 Å². The zero-order chi connectivity index (χ0) is 19.7. The molecule has 0 radical (unpaired) electrons. The number of carbonyl (C=O) groups is 1. The second-order valence-electron chi connectivity index (χ2n) is 6.54. The van der Waals surface area contributed by atoms with Crippen LogP contribution in [0.25, 0.3) is 0 Å². The van der Waals surface area contributed by atoms with Crippen molar-refractivity contribution < 1.29 is 19.1 Å². The van der Waals surface area contributed by atoms with Gasteiger partial charge >= 0.3 is 5.97 Å². The van der Waals surface area contributed by atoms with Gasteiger partial charge in [0, 0.05) is 13.4 Å². The van der Waals surface area contributed by atoms with E-state index in [1.807, 2.05) is 6.92 Å². The van der Waals surface area contributed by atoms with Crippen molar-refractivity contribution in [2.24, 2.45) is 10.6 Å². The number of benzene rings is 1. The molecule has 0 aromatic heterocycles. The molecule has 0 saturated carbocycles. The van der Waals surface area contributed by atoms with Crippen LogP contribution in [0.4, 0.5) is 0 Å². The highest BCUT2D eigenvalue weighted by Gasteiger charge is 2.27. The van der Waals surface area contributed by atoms with Gasteiger partial charge in [-0.1, -0.05) is 34.7 Å². The summed E-state index contributed by atoms with van der Waals surface area (Å²) in [5.74, 6) is 0.514. The van der Waals surface area contributed by atoms with Gasteiger partial charge in [-0.2, -0.15) is 0 Å². The first kappa shape index (κ1) is 23.5. The first-order valence-electron chi connectivity index (χ1n) is 8.43. The number of carbonyl (C=O) groups excluding carboxylic acids is 1. The molecule has 1 atom stereocenters. The number of rotatable bonds is 10. The van der Waals surface area contributed by atoms with Crippen LogP contribution in [0.15, 0.2) is 17.3 Å². The predicted octanol–water partition coefficient (Wildman–Crippen LogP) is 5.07. The second kappa shape index (κ2) is 11.3. The van der Waals surface area contributed by atoms with Crippen LogP contribution in [0.5, 0.6) is 5.75 Å². The summed E-state index contributed by atoms with van der Waals surface area (Å²) in [6, 6.07) is 4.25. The number of halogens is 2. The lowest BCUT2D eigenvalue weighted by atomic mass is 9.83. The Labute approximate surface area is 183 Å². The number of ether oxygens (including phenoxy) is 2. The van der Waals surface area contributed by atoms with Crippen molar-refractivity contribution in [3.05, 3.63) is 26.8 Å². The maximum atomic E-state index is 11.1. The van der Waals surface area contributed by atoms with Crippen LogP contribution in [-0.4, -0.2) is 36.4 Å². The first-order valence-corrected chi connectivity index (χ1v) is 11.0. The molecule has 1 aromatic rings. The number of esters is 1. The summed E-state index contributed by atoms with van der Waals surface area (Å²) < 4.78 is 12.7. The number of aryl methyl sites for hydroxylation is 2. The Balaban J connectivity index is 2.56. The van der Waals surface area contributed by atoms with Gasteiger partial charge in [-0.05, 0) is 79.5 Å². The molecular weight excluding hydrogens is 560 g/mol. The highest BCUT2D eigenvalue weighted by molar-refractivity contribution is 14.1. The van der Waals surface area contributed by atoms with E-state index in [0.29, 0.717) is 6.61 Å². The average molecular weight is 587 g/mol. The molecule has 26 heavy (non-hydrogen) atoms. The Kier molecular flexibility index (Phi) is 10.2. The number of hydrogen-bond donors (Lipinski definition) is 0. The maximum absolute atomic E-state index is 11.1. The smallest absolute Gasteiger partial charge is 0.346 e. The third-order valence-electron chi connectivity index (χ3n) is 4.37. The number of alkyl halides is 1. The van der Waals surface area contributed by atoms with E-state index in [2.05, 4.69) is 88.0 Å². The lowest BCUT2D eigenvalue weighted by molar-refractivity contribution is -0.145. The molecule has 0 amide bonds. The normalized spacial score (nSPS) is 13.9. The number of methoxy groups -OCH3 is 1. The van der Waals surface area contributed by atoms with Gasteiger partial charge in [0.15, 0.2) is 0 Å². The monoisotopic (exact) mass is 587 g/mol. The minimum Gasteiger partial charge on any atom is -0.493 e. The highest BCUT2D eigenvalue weighted by Crippen LogP contribution is 2.29. The Bertz CT molecular complexity index is 649. The zero-order valence-corrected chi connectivity index (χ0v) is 20.3. The van der Waals surface area contributed by atoms with Gasteiger partial charge in [0.25, 0.3) is 0 Å². The molecule has 0 N–H and O–H groups in total. The summed E-state index contributed by atoms with van der Waals surface area (Å²) in [6.45, 7) is 8.74. The van der Waals surface area contributed by atoms with Crippen molar-refractivity contribution in [3.8, 4) is 5.75 Å². The second-order valence-corrected chi connectivity index (χ2v) is 8.46. The Morgan fingerprint density at radius 1 is 1.27 bits per heavy atom. The molecule has 0 spiro atoms. The topological polar surface area (TPSA) is 57.1 Å². The van der Waals surface area contributed by atoms with Gasteiger partial charge in [0.2, 0.25) is 6.61 Å². The minimum atomic E-state index is -0.436. The largest absolute Gasteiger partial charge is 0.493 e. The predicted molar refractivity (Wildman–Crippen MR) is 121 cm³/mol. The van der Waals surface area contributed by atoms with E-state index in [4.69, 9.17) is 9.57 Å². The SMILES string of the molecule is COC(=O)CO/N=C(/C)C(C)(CI)CCCOc1cc(C)c(I)cc1C. The summed E-state index contributed by atoms with van der Waals surface area (Å²) in [4.78, 5) is 16.2. The Hall–Kier alpha value is -0.580. The van der Waals surface area contributed by atoms with E-state index in [1.165, 1.54) is 16.2 Å². The first-order chi connectivity index (χ1) is 12.2. The molecule has 0 aliphatic heterocycles. The fourth-order valence-corrected chi connectivity index (χ4v) is 3.81. The Morgan fingerprint density at radius 3 is 2.58 bits per heavy atom. The van der Waals surface area contributed by atoms with Gasteiger partial charge in [-0.25, -0.2) is 4.79 Å². The molecule has 7 heteroatoms. The molecule has 0 fully saturated rings. The van der Waals surface area contributed by atoms with Crippen molar-refractivity contribution in [2.75, 3.05) is 24.8 Å². The lowest BCUT2D eigenvalue weighted by Gasteiger charge is -2.27. The van der Waals surface area contributed by atoms with Crippen molar-refractivity contribution in [3.63, 3.8) is 0 Å². The van der Waals surface area contributed by atoms with Crippen molar-refractivity contribution in [1.29, 1.82) is 0 Å². The summed E-state index contributed by atoms with van der Waals surface area (Å²) >= 11 is 4.70. The van der Waals surface area contributed by atoms with E-state index in [-0.39, 0.29) is 12.0 Å². The van der Waals surface area contributed by atoms with Gasteiger partial charge in [-0.3, -0.25) is 0 Å². The molecule has 0 saturated heterocycles. The van der Waals surface area contributed by atoms with Crippen molar-refractivity contribution in [1.82, 2.24) is 0 Å². The molecule has 1 aromatic carbocycles. The number of nitrogens with zero attached hydrogens (tertiary/aromatic N) is 1. The molecule has 0 bridgehead atoms. The van der Waals surface area contributed by atoms with Crippen molar-refractivity contribution >= 4 is 56.9 Å². The molecular formula is C19H27I2NO4. The number of oxime groups is 1.